The van der Waals surface area contributed by atoms with Gasteiger partial charge < -0.3 is 14.8 Å². The molecule has 0 spiro atoms. The van der Waals surface area contributed by atoms with Gasteiger partial charge in [0.15, 0.2) is 6.10 Å². The lowest BCUT2D eigenvalue weighted by molar-refractivity contribution is -0.123. The number of rotatable bonds is 9. The van der Waals surface area contributed by atoms with Crippen molar-refractivity contribution in [3.05, 3.63) is 66.7 Å². The number of sulfonamides is 1. The summed E-state index contributed by atoms with van der Waals surface area (Å²) in [5.74, 6) is -0.919. The summed E-state index contributed by atoms with van der Waals surface area (Å²) in [5.41, 5.74) is 0.438. The molecule has 0 saturated carbocycles. The highest BCUT2D eigenvalue weighted by molar-refractivity contribution is 7.89. The minimum absolute atomic E-state index is 0.00317. The number of para-hydroxylation sites is 2. The Morgan fingerprint density at radius 3 is 2.59 bits per heavy atom. The number of anilines is 1. The van der Waals surface area contributed by atoms with Crippen molar-refractivity contribution in [3.63, 3.8) is 0 Å². The number of carbonyl (C=O) groups is 2. The Morgan fingerprint density at radius 2 is 1.90 bits per heavy atom. The van der Waals surface area contributed by atoms with Gasteiger partial charge in [-0.15, -0.1) is 6.58 Å². The van der Waals surface area contributed by atoms with Gasteiger partial charge in [0, 0.05) is 6.54 Å². The predicted molar refractivity (Wildman–Crippen MR) is 108 cm³/mol. The van der Waals surface area contributed by atoms with E-state index < -0.39 is 28.0 Å². The molecule has 0 aliphatic heterocycles. The van der Waals surface area contributed by atoms with Gasteiger partial charge >= 0.3 is 5.97 Å². The van der Waals surface area contributed by atoms with Gasteiger partial charge in [0.2, 0.25) is 10.0 Å². The molecule has 2 rings (SSSR count). The lowest BCUT2D eigenvalue weighted by atomic mass is 10.2. The van der Waals surface area contributed by atoms with E-state index >= 15 is 0 Å². The Balaban J connectivity index is 2.08. The lowest BCUT2D eigenvalue weighted by Crippen LogP contribution is -2.30. The highest BCUT2D eigenvalue weighted by atomic mass is 32.2. The average Bonchev–Trinajstić information content (AvgIpc) is 2.72. The molecule has 0 radical (unpaired) electrons. The van der Waals surface area contributed by atoms with Gasteiger partial charge in [-0.3, -0.25) is 4.79 Å². The molecule has 29 heavy (non-hydrogen) atoms. The van der Waals surface area contributed by atoms with Crippen LogP contribution in [0.1, 0.15) is 17.3 Å². The fourth-order valence-electron chi connectivity index (χ4n) is 2.31. The third-order valence-electron chi connectivity index (χ3n) is 3.82. The van der Waals surface area contributed by atoms with Crippen LogP contribution in [0.15, 0.2) is 66.1 Å². The zero-order valence-electron chi connectivity index (χ0n) is 16.0. The van der Waals surface area contributed by atoms with Crippen molar-refractivity contribution in [2.24, 2.45) is 0 Å². The second-order valence-electron chi connectivity index (χ2n) is 5.91. The van der Waals surface area contributed by atoms with Crippen LogP contribution in [0.25, 0.3) is 0 Å². The Kier molecular flexibility index (Phi) is 7.52. The number of hydrogen-bond acceptors (Lipinski definition) is 6. The van der Waals surface area contributed by atoms with Crippen LogP contribution < -0.4 is 14.8 Å². The Morgan fingerprint density at radius 1 is 1.17 bits per heavy atom. The first-order valence-electron chi connectivity index (χ1n) is 8.64. The van der Waals surface area contributed by atoms with Gasteiger partial charge in [-0.05, 0) is 37.3 Å². The number of nitrogens with one attached hydrogen (secondary N) is 2. The molecule has 0 bridgehead atoms. The summed E-state index contributed by atoms with van der Waals surface area (Å²) in [7, 11) is -2.32. The van der Waals surface area contributed by atoms with E-state index in [1.54, 1.807) is 24.3 Å². The zero-order chi connectivity index (χ0) is 21.4. The van der Waals surface area contributed by atoms with Crippen LogP contribution >= 0.6 is 0 Å². The van der Waals surface area contributed by atoms with Gasteiger partial charge in [-0.25, -0.2) is 17.9 Å². The molecule has 154 valence electrons. The largest absolute Gasteiger partial charge is 0.495 e. The summed E-state index contributed by atoms with van der Waals surface area (Å²) >= 11 is 0. The molecule has 0 aliphatic rings. The van der Waals surface area contributed by atoms with Gasteiger partial charge in [-0.2, -0.15) is 0 Å². The molecule has 1 atom stereocenters. The van der Waals surface area contributed by atoms with E-state index in [4.69, 9.17) is 9.47 Å². The molecule has 2 aromatic rings. The van der Waals surface area contributed by atoms with Crippen molar-refractivity contribution < 1.29 is 27.5 Å². The summed E-state index contributed by atoms with van der Waals surface area (Å²) in [4.78, 5) is 24.6. The van der Waals surface area contributed by atoms with E-state index in [1.165, 1.54) is 44.4 Å². The molecule has 0 unspecified atom stereocenters. The molecule has 2 aromatic carbocycles. The highest BCUT2D eigenvalue weighted by Crippen LogP contribution is 2.23. The van der Waals surface area contributed by atoms with E-state index in [0.717, 1.165) is 0 Å². The topological polar surface area (TPSA) is 111 Å². The molecule has 8 nitrogen and oxygen atoms in total. The third-order valence-corrected chi connectivity index (χ3v) is 5.24. The average molecular weight is 418 g/mol. The first-order valence-corrected chi connectivity index (χ1v) is 10.1. The van der Waals surface area contributed by atoms with E-state index in [9.17, 15) is 18.0 Å². The Labute approximate surface area is 169 Å². The van der Waals surface area contributed by atoms with Crippen LogP contribution in [0, 0.1) is 0 Å². The predicted octanol–water partition coefficient (Wildman–Crippen LogP) is 2.34. The number of esters is 1. The second kappa shape index (κ2) is 9.85. The highest BCUT2D eigenvalue weighted by Gasteiger charge is 2.21. The number of benzene rings is 2. The van der Waals surface area contributed by atoms with Gasteiger partial charge in [0.1, 0.15) is 5.75 Å². The molecular weight excluding hydrogens is 396 g/mol. The molecule has 2 N–H and O–H groups in total. The smallest absolute Gasteiger partial charge is 0.338 e. The molecule has 0 aromatic heterocycles. The normalized spacial score (nSPS) is 11.9. The second-order valence-corrected chi connectivity index (χ2v) is 7.67. The maximum absolute atomic E-state index is 12.4. The van der Waals surface area contributed by atoms with Crippen molar-refractivity contribution >= 4 is 27.6 Å². The van der Waals surface area contributed by atoms with Crippen LogP contribution in [-0.4, -0.2) is 40.1 Å². The molecule has 0 saturated heterocycles. The monoisotopic (exact) mass is 418 g/mol. The number of hydrogen-bond donors (Lipinski definition) is 2. The van der Waals surface area contributed by atoms with E-state index in [0.29, 0.717) is 11.4 Å². The number of carbonyl (C=O) groups excluding carboxylic acids is 2. The van der Waals surface area contributed by atoms with E-state index in [2.05, 4.69) is 16.6 Å². The molecule has 1 amide bonds. The molecule has 0 aliphatic carbocycles. The van der Waals surface area contributed by atoms with Gasteiger partial charge in [-0.1, -0.05) is 24.3 Å². The minimum Gasteiger partial charge on any atom is -0.495 e. The summed E-state index contributed by atoms with van der Waals surface area (Å²) in [6.07, 6.45) is 0.282. The van der Waals surface area contributed by atoms with Crippen molar-refractivity contribution in [2.75, 3.05) is 19.0 Å². The number of ether oxygens (including phenoxy) is 2. The zero-order valence-corrected chi connectivity index (χ0v) is 16.9. The van der Waals surface area contributed by atoms with Crippen molar-refractivity contribution in [1.82, 2.24) is 4.72 Å². The fraction of sp³-hybridized carbons (Fsp3) is 0.200. The van der Waals surface area contributed by atoms with Crippen molar-refractivity contribution in [3.8, 4) is 5.75 Å². The summed E-state index contributed by atoms with van der Waals surface area (Å²) in [5, 5.41) is 2.62. The summed E-state index contributed by atoms with van der Waals surface area (Å²) < 4.78 is 37.0. The first kappa shape index (κ1) is 22.1. The van der Waals surface area contributed by atoms with E-state index in [-0.39, 0.29) is 17.0 Å². The van der Waals surface area contributed by atoms with Gasteiger partial charge in [0.05, 0.1) is 23.3 Å². The third kappa shape index (κ3) is 5.90. The fourth-order valence-corrected chi connectivity index (χ4v) is 3.35. The standard InChI is InChI=1S/C20H22N2O6S/c1-4-12-21-29(25,26)16-9-7-8-15(13-16)20(24)28-14(2)19(23)22-17-10-5-6-11-18(17)27-3/h4-11,13-14,21H,1,12H2,2-3H3,(H,22,23)/t14-/m1/s1. The Bertz CT molecular complexity index is 1000. The number of methoxy groups -OCH3 is 1. The molecule has 0 fully saturated rings. The minimum atomic E-state index is -3.79. The molecular formula is C20H22N2O6S. The first-order chi connectivity index (χ1) is 13.8. The summed E-state index contributed by atoms with van der Waals surface area (Å²) in [6.45, 7) is 4.91. The SMILES string of the molecule is C=CCNS(=O)(=O)c1cccc(C(=O)O[C@H](C)C(=O)Nc2ccccc2OC)c1. The van der Waals surface area contributed by atoms with Gasteiger partial charge in [0.25, 0.3) is 5.91 Å². The molecule has 9 heteroatoms. The molecule has 0 heterocycles. The maximum Gasteiger partial charge on any atom is 0.338 e. The Hall–Kier alpha value is -3.17. The maximum atomic E-state index is 12.4. The van der Waals surface area contributed by atoms with Crippen LogP contribution in [-0.2, 0) is 19.6 Å². The van der Waals surface area contributed by atoms with Crippen LogP contribution in [0.5, 0.6) is 5.75 Å². The van der Waals surface area contributed by atoms with Crippen LogP contribution in [0.4, 0.5) is 5.69 Å². The van der Waals surface area contributed by atoms with Crippen LogP contribution in [0.3, 0.4) is 0 Å². The van der Waals surface area contributed by atoms with E-state index in [1.807, 2.05) is 0 Å². The number of amides is 1. The van der Waals surface area contributed by atoms with Crippen LogP contribution in [0.2, 0.25) is 0 Å². The lowest BCUT2D eigenvalue weighted by Gasteiger charge is -2.15. The van der Waals surface area contributed by atoms with Crippen molar-refractivity contribution in [1.29, 1.82) is 0 Å². The van der Waals surface area contributed by atoms with Crippen molar-refractivity contribution in [2.45, 2.75) is 17.9 Å². The summed E-state index contributed by atoms with van der Waals surface area (Å²) in [6, 6.07) is 12.1. The quantitative estimate of drug-likeness (QED) is 0.478.